The van der Waals surface area contributed by atoms with E-state index >= 15 is 0 Å². The van der Waals surface area contributed by atoms with Gasteiger partial charge >= 0.3 is 5.97 Å². The Morgan fingerprint density at radius 3 is 2.65 bits per heavy atom. The van der Waals surface area contributed by atoms with Crippen molar-refractivity contribution in [3.05, 3.63) is 30.0 Å². The molecule has 2 heterocycles. The van der Waals surface area contributed by atoms with E-state index in [-0.39, 0.29) is 24.5 Å². The van der Waals surface area contributed by atoms with Gasteiger partial charge in [-0.15, -0.1) is 0 Å². The molecular formula is C19H22N2O5. The Hall–Kier alpha value is -2.54. The van der Waals surface area contributed by atoms with Crippen molar-refractivity contribution in [1.82, 2.24) is 10.2 Å². The Bertz CT molecular complexity index is 842. The Labute approximate surface area is 150 Å². The maximum absolute atomic E-state index is 12.7. The number of likely N-dealkylation sites (tertiary alicyclic amines) is 1. The monoisotopic (exact) mass is 358 g/mol. The lowest BCUT2D eigenvalue weighted by Gasteiger charge is -2.27. The van der Waals surface area contributed by atoms with E-state index in [2.05, 4.69) is 5.32 Å². The van der Waals surface area contributed by atoms with Crippen LogP contribution in [-0.4, -0.2) is 47.1 Å². The number of hydrogen-bond acceptors (Lipinski definition) is 5. The second kappa shape index (κ2) is 6.64. The van der Waals surface area contributed by atoms with Crippen molar-refractivity contribution >= 4 is 22.8 Å². The lowest BCUT2D eigenvalue weighted by Crippen LogP contribution is -2.49. The Morgan fingerprint density at radius 2 is 1.96 bits per heavy atom. The molecule has 0 bridgehead atoms. The van der Waals surface area contributed by atoms with Crippen LogP contribution in [-0.2, 0) is 16.1 Å². The van der Waals surface area contributed by atoms with Gasteiger partial charge in [-0.25, -0.2) is 0 Å². The van der Waals surface area contributed by atoms with Crippen molar-refractivity contribution in [3.63, 3.8) is 0 Å². The highest BCUT2D eigenvalue weighted by Crippen LogP contribution is 2.37. The maximum atomic E-state index is 12.7. The van der Waals surface area contributed by atoms with Crippen LogP contribution in [0, 0.1) is 0 Å². The zero-order valence-electron chi connectivity index (χ0n) is 14.6. The molecule has 1 aromatic heterocycles. The summed E-state index contributed by atoms with van der Waals surface area (Å²) in [6.07, 6.45) is 3.00. The minimum Gasteiger partial charge on any atom is -0.492 e. The number of carbonyl (C=O) groups is 2. The molecule has 26 heavy (non-hydrogen) atoms. The van der Waals surface area contributed by atoms with Gasteiger partial charge in [0.05, 0.1) is 25.1 Å². The van der Waals surface area contributed by atoms with Crippen molar-refractivity contribution < 1.29 is 23.8 Å². The molecule has 2 fully saturated rings. The van der Waals surface area contributed by atoms with Gasteiger partial charge in [0.1, 0.15) is 11.6 Å². The third-order valence-corrected chi connectivity index (χ3v) is 5.23. The van der Waals surface area contributed by atoms with Gasteiger partial charge in [0.2, 0.25) is 5.91 Å². The number of benzene rings is 1. The number of para-hydroxylation sites is 1. The average molecular weight is 358 g/mol. The van der Waals surface area contributed by atoms with E-state index in [0.717, 1.165) is 18.2 Å². The summed E-state index contributed by atoms with van der Waals surface area (Å²) in [4.78, 5) is 26.1. The zero-order chi connectivity index (χ0) is 18.3. The van der Waals surface area contributed by atoms with Crippen LogP contribution in [0.1, 0.15) is 31.4 Å². The molecule has 7 nitrogen and oxygen atoms in total. The molecule has 4 rings (SSSR count). The van der Waals surface area contributed by atoms with E-state index < -0.39 is 12.0 Å². The minimum atomic E-state index is -0.842. The zero-order valence-corrected chi connectivity index (χ0v) is 14.6. The van der Waals surface area contributed by atoms with E-state index in [4.69, 9.17) is 9.15 Å². The molecule has 0 radical (unpaired) electrons. The number of rotatable bonds is 6. The first-order valence-electron chi connectivity index (χ1n) is 8.92. The summed E-state index contributed by atoms with van der Waals surface area (Å²) in [5.74, 6) is 0.192. The predicted molar refractivity (Wildman–Crippen MR) is 93.9 cm³/mol. The summed E-state index contributed by atoms with van der Waals surface area (Å²) in [5.41, 5.74) is 0.708. The highest BCUT2D eigenvalue weighted by atomic mass is 16.5. The summed E-state index contributed by atoms with van der Waals surface area (Å²) < 4.78 is 11.2. The van der Waals surface area contributed by atoms with Crippen LogP contribution >= 0.6 is 0 Å². The molecule has 1 amide bonds. The number of nitrogens with zero attached hydrogens (tertiary/aromatic N) is 1. The third-order valence-electron chi connectivity index (χ3n) is 5.23. The van der Waals surface area contributed by atoms with Gasteiger partial charge in [0.25, 0.3) is 0 Å². The number of methoxy groups -OCH3 is 1. The molecule has 2 atom stereocenters. The van der Waals surface area contributed by atoms with Crippen molar-refractivity contribution in [2.75, 3.05) is 7.11 Å². The van der Waals surface area contributed by atoms with Crippen LogP contribution in [0.4, 0.5) is 0 Å². The fraction of sp³-hybridized carbons (Fsp3) is 0.474. The summed E-state index contributed by atoms with van der Waals surface area (Å²) in [5, 5.41) is 13.2. The molecule has 1 aliphatic carbocycles. The standard InChI is InChI=1S/C19H22N2O5/c1-25-17-12-4-2-3-5-15(12)26-16(17)10-20-18(22)13-8-9-14(19(23)24)21(13)11-6-7-11/h2-5,11,13-14H,6-10H2,1H3,(H,20,22)(H,23,24). The van der Waals surface area contributed by atoms with E-state index in [1.807, 2.05) is 29.2 Å². The highest BCUT2D eigenvalue weighted by Gasteiger charge is 2.48. The predicted octanol–water partition coefficient (Wildman–Crippen LogP) is 2.14. The molecular weight excluding hydrogens is 336 g/mol. The van der Waals surface area contributed by atoms with Gasteiger partial charge in [-0.1, -0.05) is 12.1 Å². The lowest BCUT2D eigenvalue weighted by molar-refractivity contribution is -0.143. The van der Waals surface area contributed by atoms with Gasteiger partial charge in [0, 0.05) is 6.04 Å². The van der Waals surface area contributed by atoms with Gasteiger partial charge in [-0.2, -0.15) is 0 Å². The molecule has 7 heteroatoms. The van der Waals surface area contributed by atoms with Gasteiger partial charge in [-0.05, 0) is 37.8 Å². The Balaban J connectivity index is 1.48. The van der Waals surface area contributed by atoms with Gasteiger partial charge < -0.3 is 19.6 Å². The number of hydrogen-bond donors (Lipinski definition) is 2. The van der Waals surface area contributed by atoms with Crippen molar-refractivity contribution in [2.45, 2.75) is 50.4 Å². The molecule has 2 aromatic rings. The number of amides is 1. The molecule has 1 aromatic carbocycles. The molecule has 2 unspecified atom stereocenters. The van der Waals surface area contributed by atoms with Crippen LogP contribution in [0.2, 0.25) is 0 Å². The van der Waals surface area contributed by atoms with Crippen LogP contribution < -0.4 is 10.1 Å². The first-order chi connectivity index (χ1) is 12.6. The Morgan fingerprint density at radius 1 is 1.23 bits per heavy atom. The molecule has 1 saturated heterocycles. The van der Waals surface area contributed by atoms with E-state index in [1.165, 1.54) is 0 Å². The maximum Gasteiger partial charge on any atom is 0.320 e. The normalized spacial score (nSPS) is 23.3. The van der Waals surface area contributed by atoms with Crippen molar-refractivity contribution in [1.29, 1.82) is 0 Å². The summed E-state index contributed by atoms with van der Waals surface area (Å²) in [6, 6.07) is 6.82. The number of fused-ring (bicyclic) bond motifs is 1. The van der Waals surface area contributed by atoms with Crippen molar-refractivity contribution in [2.24, 2.45) is 0 Å². The summed E-state index contributed by atoms with van der Waals surface area (Å²) >= 11 is 0. The average Bonchev–Trinajstić information content (AvgIpc) is 3.27. The number of nitrogens with one attached hydrogen (secondary N) is 1. The van der Waals surface area contributed by atoms with E-state index in [9.17, 15) is 14.7 Å². The highest BCUT2D eigenvalue weighted by molar-refractivity contribution is 5.87. The molecule has 0 spiro atoms. The smallest absolute Gasteiger partial charge is 0.320 e. The first-order valence-corrected chi connectivity index (χ1v) is 8.92. The fourth-order valence-electron chi connectivity index (χ4n) is 3.93. The lowest BCUT2D eigenvalue weighted by atomic mass is 10.2. The van der Waals surface area contributed by atoms with Crippen LogP contribution in [0.15, 0.2) is 28.7 Å². The van der Waals surface area contributed by atoms with Crippen molar-refractivity contribution in [3.8, 4) is 5.75 Å². The second-order valence-corrected chi connectivity index (χ2v) is 6.90. The number of carboxylic acid groups (broad SMARTS) is 1. The Kier molecular flexibility index (Phi) is 4.32. The number of carbonyl (C=O) groups excluding carboxylic acids is 1. The third kappa shape index (κ3) is 2.92. The van der Waals surface area contributed by atoms with E-state index in [0.29, 0.717) is 29.9 Å². The molecule has 1 aliphatic heterocycles. The topological polar surface area (TPSA) is 92.0 Å². The molecule has 2 aliphatic rings. The van der Waals surface area contributed by atoms with Gasteiger partial charge in [0.15, 0.2) is 11.5 Å². The second-order valence-electron chi connectivity index (χ2n) is 6.90. The number of aliphatic carboxylic acids is 1. The van der Waals surface area contributed by atoms with Gasteiger partial charge in [-0.3, -0.25) is 14.5 Å². The van der Waals surface area contributed by atoms with E-state index in [1.54, 1.807) is 7.11 Å². The molecule has 2 N–H and O–H groups in total. The molecule has 138 valence electrons. The minimum absolute atomic E-state index is 0.150. The summed E-state index contributed by atoms with van der Waals surface area (Å²) in [7, 11) is 1.58. The first kappa shape index (κ1) is 16.9. The van der Waals surface area contributed by atoms with Crippen LogP contribution in [0.5, 0.6) is 5.75 Å². The fourth-order valence-corrected chi connectivity index (χ4v) is 3.93. The number of ether oxygens (including phenoxy) is 1. The number of carboxylic acids is 1. The largest absolute Gasteiger partial charge is 0.492 e. The van der Waals surface area contributed by atoms with Crippen LogP contribution in [0.3, 0.4) is 0 Å². The molecule has 1 saturated carbocycles. The quantitative estimate of drug-likeness (QED) is 0.822. The van der Waals surface area contributed by atoms with Crippen LogP contribution in [0.25, 0.3) is 11.0 Å². The summed E-state index contributed by atoms with van der Waals surface area (Å²) in [6.45, 7) is 0.212. The SMILES string of the molecule is COc1c(CNC(=O)C2CCC(C(=O)O)N2C2CC2)oc2ccccc12. The number of furan rings is 1.